The number of carbonyl (C=O) groups is 1. The van der Waals surface area contributed by atoms with E-state index in [-0.39, 0.29) is 5.97 Å². The van der Waals surface area contributed by atoms with Gasteiger partial charge in [0.15, 0.2) is 0 Å². The maximum Gasteiger partial charge on any atom is 0.367 e. The summed E-state index contributed by atoms with van der Waals surface area (Å²) in [6.07, 6.45) is 1.68. The van der Waals surface area contributed by atoms with Gasteiger partial charge in [-0.1, -0.05) is 12.7 Å². The molecule has 1 aromatic carbocycles. The molecule has 94 valence electrons. The number of rotatable bonds is 5. The van der Waals surface area contributed by atoms with Crippen molar-refractivity contribution in [2.45, 2.75) is 6.92 Å². The third kappa shape index (κ3) is 2.68. The van der Waals surface area contributed by atoms with Crippen LogP contribution in [0, 0.1) is 0 Å². The highest BCUT2D eigenvalue weighted by molar-refractivity contribution is 7.20. The van der Waals surface area contributed by atoms with Crippen LogP contribution in [0.5, 0.6) is 5.75 Å². The van der Waals surface area contributed by atoms with Crippen LogP contribution >= 0.6 is 11.3 Å². The van der Waals surface area contributed by atoms with Crippen LogP contribution in [-0.2, 0) is 4.74 Å². The van der Waals surface area contributed by atoms with Crippen molar-refractivity contribution < 1.29 is 14.3 Å². The zero-order valence-corrected chi connectivity index (χ0v) is 10.8. The van der Waals surface area contributed by atoms with Gasteiger partial charge in [-0.2, -0.15) is 0 Å². The second-order valence-corrected chi connectivity index (χ2v) is 4.50. The number of hydrogen-bond acceptors (Lipinski definition) is 5. The Morgan fingerprint density at radius 1 is 1.56 bits per heavy atom. The molecule has 0 aliphatic rings. The van der Waals surface area contributed by atoms with Crippen molar-refractivity contribution in [3.63, 3.8) is 0 Å². The van der Waals surface area contributed by atoms with E-state index in [2.05, 4.69) is 11.6 Å². The standard InChI is InChI=1S/C13H13NO3S/c1-3-7-17-9-5-6-10-11(8-9)18-12(14-10)13(15)16-4-2/h3,5-6,8H,1,4,7H2,2H3. The minimum absolute atomic E-state index is 0.350. The third-order valence-corrected chi connectivity index (χ3v) is 3.18. The molecule has 5 heteroatoms. The van der Waals surface area contributed by atoms with Gasteiger partial charge in [0.1, 0.15) is 12.4 Å². The predicted octanol–water partition coefficient (Wildman–Crippen LogP) is 3.04. The molecule has 0 unspecified atom stereocenters. The lowest BCUT2D eigenvalue weighted by Gasteiger charge is -2.01. The third-order valence-electron chi connectivity index (χ3n) is 2.18. The van der Waals surface area contributed by atoms with Crippen molar-refractivity contribution in [3.8, 4) is 5.75 Å². The van der Waals surface area contributed by atoms with E-state index in [1.165, 1.54) is 11.3 Å². The molecule has 0 N–H and O–H groups in total. The van der Waals surface area contributed by atoms with Gasteiger partial charge in [0.05, 0.1) is 16.8 Å². The lowest BCUT2D eigenvalue weighted by molar-refractivity contribution is 0.0526. The van der Waals surface area contributed by atoms with E-state index in [1.807, 2.05) is 18.2 Å². The van der Waals surface area contributed by atoms with Crippen LogP contribution in [-0.4, -0.2) is 24.2 Å². The molecule has 0 fully saturated rings. The molecule has 0 radical (unpaired) electrons. The summed E-state index contributed by atoms with van der Waals surface area (Å²) in [5.41, 5.74) is 0.772. The van der Waals surface area contributed by atoms with Crippen LogP contribution in [0.25, 0.3) is 10.2 Å². The van der Waals surface area contributed by atoms with Gasteiger partial charge in [-0.05, 0) is 25.1 Å². The van der Waals surface area contributed by atoms with E-state index in [0.29, 0.717) is 18.2 Å². The summed E-state index contributed by atoms with van der Waals surface area (Å²) in [5.74, 6) is 0.355. The van der Waals surface area contributed by atoms with Crippen molar-refractivity contribution in [1.82, 2.24) is 4.98 Å². The van der Waals surface area contributed by atoms with Crippen LogP contribution in [0.3, 0.4) is 0 Å². The molecule has 0 bridgehead atoms. The molecular weight excluding hydrogens is 250 g/mol. The second-order valence-electron chi connectivity index (χ2n) is 3.47. The number of ether oxygens (including phenoxy) is 2. The highest BCUT2D eigenvalue weighted by Gasteiger charge is 2.13. The first-order valence-corrected chi connectivity index (χ1v) is 6.37. The zero-order chi connectivity index (χ0) is 13.0. The molecule has 4 nitrogen and oxygen atoms in total. The zero-order valence-electron chi connectivity index (χ0n) is 10.0. The van der Waals surface area contributed by atoms with Gasteiger partial charge >= 0.3 is 5.97 Å². The van der Waals surface area contributed by atoms with Gasteiger partial charge in [-0.15, -0.1) is 11.3 Å². The summed E-state index contributed by atoms with van der Waals surface area (Å²) in [4.78, 5) is 15.8. The fourth-order valence-electron chi connectivity index (χ4n) is 1.43. The number of fused-ring (bicyclic) bond motifs is 1. The first-order chi connectivity index (χ1) is 8.74. The van der Waals surface area contributed by atoms with Crippen molar-refractivity contribution in [1.29, 1.82) is 0 Å². The van der Waals surface area contributed by atoms with E-state index in [4.69, 9.17) is 9.47 Å². The molecule has 0 spiro atoms. The molecule has 18 heavy (non-hydrogen) atoms. The van der Waals surface area contributed by atoms with Gasteiger partial charge in [0.2, 0.25) is 5.01 Å². The van der Waals surface area contributed by atoms with Gasteiger partial charge in [0.25, 0.3) is 0 Å². The Hall–Kier alpha value is -1.88. The average Bonchev–Trinajstić information content (AvgIpc) is 2.79. The van der Waals surface area contributed by atoms with Crippen LogP contribution in [0.4, 0.5) is 0 Å². The summed E-state index contributed by atoms with van der Waals surface area (Å²) in [6, 6.07) is 5.51. The quantitative estimate of drug-likeness (QED) is 0.614. The molecule has 2 rings (SSSR count). The van der Waals surface area contributed by atoms with Crippen LogP contribution in [0.15, 0.2) is 30.9 Å². The van der Waals surface area contributed by atoms with E-state index in [1.54, 1.807) is 13.0 Å². The Morgan fingerprint density at radius 2 is 2.39 bits per heavy atom. The van der Waals surface area contributed by atoms with Gasteiger partial charge in [-0.25, -0.2) is 9.78 Å². The smallest absolute Gasteiger partial charge is 0.367 e. The van der Waals surface area contributed by atoms with Gasteiger partial charge in [-0.3, -0.25) is 0 Å². The highest BCUT2D eigenvalue weighted by Crippen LogP contribution is 2.26. The first kappa shape index (κ1) is 12.6. The minimum Gasteiger partial charge on any atom is -0.490 e. The SMILES string of the molecule is C=CCOc1ccc2nc(C(=O)OCC)sc2c1. The fourth-order valence-corrected chi connectivity index (χ4v) is 2.32. The molecule has 0 saturated heterocycles. The fraction of sp³-hybridized carbons (Fsp3) is 0.231. The largest absolute Gasteiger partial charge is 0.490 e. The predicted molar refractivity (Wildman–Crippen MR) is 71.3 cm³/mol. The van der Waals surface area contributed by atoms with Crippen molar-refractivity contribution in [2.24, 2.45) is 0 Å². The van der Waals surface area contributed by atoms with Crippen LogP contribution in [0.2, 0.25) is 0 Å². The van der Waals surface area contributed by atoms with Gasteiger partial charge in [0, 0.05) is 0 Å². The van der Waals surface area contributed by atoms with E-state index in [0.717, 1.165) is 16.0 Å². The summed E-state index contributed by atoms with van der Waals surface area (Å²) in [6.45, 7) is 6.16. The summed E-state index contributed by atoms with van der Waals surface area (Å²) < 4.78 is 11.2. The Kier molecular flexibility index (Phi) is 3.94. The highest BCUT2D eigenvalue weighted by atomic mass is 32.1. The maximum atomic E-state index is 11.6. The number of carbonyl (C=O) groups excluding carboxylic acids is 1. The molecule has 1 aromatic heterocycles. The molecule has 1 heterocycles. The van der Waals surface area contributed by atoms with Crippen molar-refractivity contribution in [2.75, 3.05) is 13.2 Å². The molecule has 0 aliphatic carbocycles. The van der Waals surface area contributed by atoms with Gasteiger partial charge < -0.3 is 9.47 Å². The number of esters is 1. The summed E-state index contributed by atoms with van der Waals surface area (Å²) >= 11 is 1.30. The van der Waals surface area contributed by atoms with E-state index < -0.39 is 0 Å². The Balaban J connectivity index is 2.27. The molecule has 2 aromatic rings. The second kappa shape index (κ2) is 5.64. The molecule has 0 saturated carbocycles. The first-order valence-electron chi connectivity index (χ1n) is 5.56. The molecular formula is C13H13NO3S. The summed E-state index contributed by atoms with van der Waals surface area (Å²) in [5, 5.41) is 0.368. The molecule has 0 amide bonds. The van der Waals surface area contributed by atoms with Crippen LogP contribution < -0.4 is 4.74 Å². The average molecular weight is 263 g/mol. The topological polar surface area (TPSA) is 48.4 Å². The van der Waals surface area contributed by atoms with Crippen molar-refractivity contribution in [3.05, 3.63) is 35.9 Å². The number of nitrogens with zero attached hydrogens (tertiary/aromatic N) is 1. The Labute approximate surface area is 109 Å². The Morgan fingerprint density at radius 3 is 3.11 bits per heavy atom. The van der Waals surface area contributed by atoms with Crippen molar-refractivity contribution >= 4 is 27.5 Å². The molecule has 0 atom stereocenters. The number of thiazole rings is 1. The normalized spacial score (nSPS) is 10.3. The summed E-state index contributed by atoms with van der Waals surface area (Å²) in [7, 11) is 0. The Bertz CT molecular complexity index is 577. The monoisotopic (exact) mass is 263 g/mol. The lowest BCUT2D eigenvalue weighted by atomic mass is 10.3. The number of hydrogen-bond donors (Lipinski definition) is 0. The molecule has 0 aliphatic heterocycles. The number of aromatic nitrogens is 1. The minimum atomic E-state index is -0.382. The lowest BCUT2D eigenvalue weighted by Crippen LogP contribution is -2.03. The van der Waals surface area contributed by atoms with Crippen LogP contribution in [0.1, 0.15) is 16.7 Å². The maximum absolute atomic E-state index is 11.6. The number of benzene rings is 1. The van der Waals surface area contributed by atoms with E-state index >= 15 is 0 Å². The van der Waals surface area contributed by atoms with E-state index in [9.17, 15) is 4.79 Å².